The van der Waals surface area contributed by atoms with Crippen molar-refractivity contribution in [2.75, 3.05) is 12.8 Å². The predicted molar refractivity (Wildman–Crippen MR) is 127 cm³/mol. The zero-order chi connectivity index (χ0) is 23.8. The highest BCUT2D eigenvalue weighted by Gasteiger charge is 2.21. The summed E-state index contributed by atoms with van der Waals surface area (Å²) in [5.74, 6) is 1.02. The van der Waals surface area contributed by atoms with Gasteiger partial charge in [-0.1, -0.05) is 0 Å². The fourth-order valence-corrected chi connectivity index (χ4v) is 4.03. The Morgan fingerprint density at radius 2 is 1.71 bits per heavy atom. The van der Waals surface area contributed by atoms with Crippen molar-refractivity contribution < 1.29 is 9.13 Å². The molecular weight excluding hydrogens is 433 g/mol. The van der Waals surface area contributed by atoms with Gasteiger partial charge >= 0.3 is 0 Å². The third-order valence-corrected chi connectivity index (χ3v) is 5.44. The third-order valence-electron chi connectivity index (χ3n) is 5.44. The van der Waals surface area contributed by atoms with E-state index in [2.05, 4.69) is 20.1 Å². The van der Waals surface area contributed by atoms with Gasteiger partial charge in [-0.05, 0) is 67.9 Å². The molecule has 1 aromatic carbocycles. The van der Waals surface area contributed by atoms with E-state index in [0.29, 0.717) is 40.6 Å². The standard InChI is InChI=1S/C25H22FN7O/c1-14-11-17(12-15(2)29-14)22-23(16-6-8-18(26)9-7-16)31-25(27)33-24(22)30-21(32-33)13-19-20(34-3)5-4-10-28-19/h4-12H,13H2,1-3H3,(H2,27,31). The fraction of sp³-hybridized carbons (Fsp3) is 0.160. The van der Waals surface area contributed by atoms with E-state index >= 15 is 0 Å². The summed E-state index contributed by atoms with van der Waals surface area (Å²) in [5.41, 5.74) is 12.2. The smallest absolute Gasteiger partial charge is 0.223 e. The van der Waals surface area contributed by atoms with Crippen molar-refractivity contribution in [2.24, 2.45) is 0 Å². The Morgan fingerprint density at radius 1 is 0.971 bits per heavy atom. The number of nitrogens with two attached hydrogens (primary N) is 1. The quantitative estimate of drug-likeness (QED) is 0.424. The molecule has 0 amide bonds. The van der Waals surface area contributed by atoms with Gasteiger partial charge in [0.1, 0.15) is 11.6 Å². The second-order valence-corrected chi connectivity index (χ2v) is 7.93. The van der Waals surface area contributed by atoms with Crippen LogP contribution in [0.2, 0.25) is 0 Å². The zero-order valence-electron chi connectivity index (χ0n) is 19.0. The summed E-state index contributed by atoms with van der Waals surface area (Å²) < 4.78 is 20.6. The zero-order valence-corrected chi connectivity index (χ0v) is 19.0. The van der Waals surface area contributed by atoms with Crippen LogP contribution < -0.4 is 10.5 Å². The highest BCUT2D eigenvalue weighted by Crippen LogP contribution is 2.35. The maximum absolute atomic E-state index is 13.6. The number of pyridine rings is 2. The van der Waals surface area contributed by atoms with E-state index in [4.69, 9.17) is 15.5 Å². The molecule has 8 nitrogen and oxygen atoms in total. The molecule has 0 bridgehead atoms. The SMILES string of the molecule is COc1cccnc1Cc1nc2c(-c3cc(C)nc(C)c3)c(-c3ccc(F)cc3)nc(N)n2n1. The van der Waals surface area contributed by atoms with Crippen molar-refractivity contribution in [3.05, 3.63) is 83.5 Å². The first-order valence-electron chi connectivity index (χ1n) is 10.7. The number of fused-ring (bicyclic) bond motifs is 1. The average molecular weight is 455 g/mol. The lowest BCUT2D eigenvalue weighted by Crippen LogP contribution is -2.06. The summed E-state index contributed by atoms with van der Waals surface area (Å²) in [4.78, 5) is 18.4. The summed E-state index contributed by atoms with van der Waals surface area (Å²) in [6.45, 7) is 3.86. The van der Waals surface area contributed by atoms with Gasteiger partial charge in [0.25, 0.3) is 0 Å². The topological polar surface area (TPSA) is 104 Å². The number of rotatable bonds is 5. The van der Waals surface area contributed by atoms with Crippen molar-refractivity contribution in [1.29, 1.82) is 0 Å². The first kappa shape index (κ1) is 21.4. The van der Waals surface area contributed by atoms with Crippen molar-refractivity contribution >= 4 is 11.6 Å². The summed E-state index contributed by atoms with van der Waals surface area (Å²) in [6, 6.07) is 13.7. The number of methoxy groups -OCH3 is 1. The Morgan fingerprint density at radius 3 is 2.41 bits per heavy atom. The molecule has 9 heteroatoms. The molecule has 0 saturated carbocycles. The number of nitrogen functional groups attached to an aromatic ring is 1. The van der Waals surface area contributed by atoms with Gasteiger partial charge in [-0.2, -0.15) is 4.52 Å². The lowest BCUT2D eigenvalue weighted by atomic mass is 9.99. The van der Waals surface area contributed by atoms with Crippen LogP contribution in [0, 0.1) is 19.7 Å². The van der Waals surface area contributed by atoms with Gasteiger partial charge in [0.15, 0.2) is 11.5 Å². The van der Waals surface area contributed by atoms with E-state index < -0.39 is 0 Å². The van der Waals surface area contributed by atoms with Gasteiger partial charge in [0.2, 0.25) is 5.95 Å². The van der Waals surface area contributed by atoms with Gasteiger partial charge < -0.3 is 10.5 Å². The minimum Gasteiger partial charge on any atom is -0.495 e. The molecule has 0 spiro atoms. The van der Waals surface area contributed by atoms with E-state index in [-0.39, 0.29) is 11.8 Å². The first-order valence-corrected chi connectivity index (χ1v) is 10.7. The van der Waals surface area contributed by atoms with Gasteiger partial charge in [-0.3, -0.25) is 9.97 Å². The molecule has 170 valence electrons. The number of hydrogen-bond donors (Lipinski definition) is 1. The summed E-state index contributed by atoms with van der Waals surface area (Å²) in [5, 5.41) is 4.61. The number of benzene rings is 1. The van der Waals surface area contributed by atoms with Crippen LogP contribution in [0.25, 0.3) is 28.0 Å². The van der Waals surface area contributed by atoms with Gasteiger partial charge in [-0.25, -0.2) is 14.4 Å². The molecule has 4 aromatic heterocycles. The predicted octanol–water partition coefficient (Wildman–Crippen LogP) is 4.19. The summed E-state index contributed by atoms with van der Waals surface area (Å²) >= 11 is 0. The molecule has 2 N–H and O–H groups in total. The Hall–Kier alpha value is -4.40. The normalized spacial score (nSPS) is 11.2. The van der Waals surface area contributed by atoms with Crippen LogP contribution in [-0.4, -0.2) is 36.7 Å². The van der Waals surface area contributed by atoms with E-state index in [1.165, 1.54) is 16.6 Å². The van der Waals surface area contributed by atoms with Crippen molar-refractivity contribution in [3.8, 4) is 28.1 Å². The Balaban J connectivity index is 1.76. The Kier molecular flexibility index (Phi) is 5.37. The molecule has 34 heavy (non-hydrogen) atoms. The van der Waals surface area contributed by atoms with Crippen molar-refractivity contribution in [3.63, 3.8) is 0 Å². The summed E-state index contributed by atoms with van der Waals surface area (Å²) in [7, 11) is 1.60. The molecular formula is C25H22FN7O. The lowest BCUT2D eigenvalue weighted by Gasteiger charge is -2.13. The molecule has 0 saturated heterocycles. The first-order chi connectivity index (χ1) is 16.4. The van der Waals surface area contributed by atoms with Crippen LogP contribution in [0.1, 0.15) is 22.9 Å². The fourth-order valence-electron chi connectivity index (χ4n) is 4.03. The third kappa shape index (κ3) is 3.92. The maximum atomic E-state index is 13.6. The number of halogens is 1. The maximum Gasteiger partial charge on any atom is 0.223 e. The average Bonchev–Trinajstić information content (AvgIpc) is 3.23. The van der Waals surface area contributed by atoms with Crippen molar-refractivity contribution in [1.82, 2.24) is 29.5 Å². The number of ether oxygens (including phenoxy) is 1. The molecule has 5 aromatic rings. The Labute approximate surface area is 195 Å². The molecule has 0 atom stereocenters. The van der Waals surface area contributed by atoms with Gasteiger partial charge in [0, 0.05) is 23.1 Å². The largest absolute Gasteiger partial charge is 0.495 e. The van der Waals surface area contributed by atoms with Crippen LogP contribution in [0.4, 0.5) is 10.3 Å². The number of anilines is 1. The number of hydrogen-bond acceptors (Lipinski definition) is 7. The van der Waals surface area contributed by atoms with Crippen LogP contribution in [-0.2, 0) is 6.42 Å². The van der Waals surface area contributed by atoms with Crippen LogP contribution in [0.3, 0.4) is 0 Å². The second-order valence-electron chi connectivity index (χ2n) is 7.93. The monoisotopic (exact) mass is 455 g/mol. The highest BCUT2D eigenvalue weighted by atomic mass is 19.1. The molecule has 4 heterocycles. The van der Waals surface area contributed by atoms with Crippen LogP contribution in [0.15, 0.2) is 54.7 Å². The molecule has 0 unspecified atom stereocenters. The molecule has 0 fully saturated rings. The molecule has 0 aliphatic heterocycles. The molecule has 5 rings (SSSR count). The highest BCUT2D eigenvalue weighted by molar-refractivity contribution is 5.90. The summed E-state index contributed by atoms with van der Waals surface area (Å²) in [6.07, 6.45) is 2.05. The molecule has 0 aliphatic carbocycles. The van der Waals surface area contributed by atoms with E-state index in [1.807, 2.05) is 38.1 Å². The van der Waals surface area contributed by atoms with E-state index in [0.717, 1.165) is 22.5 Å². The van der Waals surface area contributed by atoms with E-state index in [9.17, 15) is 4.39 Å². The van der Waals surface area contributed by atoms with Gasteiger partial charge in [-0.15, -0.1) is 5.10 Å². The number of nitrogens with zero attached hydrogens (tertiary/aromatic N) is 6. The molecule has 0 radical (unpaired) electrons. The second kappa shape index (κ2) is 8.51. The van der Waals surface area contributed by atoms with Crippen molar-refractivity contribution in [2.45, 2.75) is 20.3 Å². The minimum atomic E-state index is -0.330. The van der Waals surface area contributed by atoms with Gasteiger partial charge in [0.05, 0.1) is 30.5 Å². The lowest BCUT2D eigenvalue weighted by molar-refractivity contribution is 0.407. The van der Waals surface area contributed by atoms with Crippen LogP contribution >= 0.6 is 0 Å². The molecule has 0 aliphatic rings. The van der Waals surface area contributed by atoms with Crippen LogP contribution in [0.5, 0.6) is 5.75 Å². The Bertz CT molecular complexity index is 1490. The minimum absolute atomic E-state index is 0.173. The van der Waals surface area contributed by atoms with E-state index in [1.54, 1.807) is 25.4 Å². The number of aromatic nitrogens is 6. The number of aryl methyl sites for hydroxylation is 2.